The second-order valence-corrected chi connectivity index (χ2v) is 9.81. The minimum atomic E-state index is 0.309. The van der Waals surface area contributed by atoms with E-state index < -0.39 is 0 Å². The molecule has 7 heteroatoms. The average molecular weight is 435 g/mol. The van der Waals surface area contributed by atoms with Gasteiger partial charge in [-0.05, 0) is 47.8 Å². The van der Waals surface area contributed by atoms with Crippen LogP contribution in [0.15, 0.2) is 66.2 Å². The van der Waals surface area contributed by atoms with Gasteiger partial charge in [0.05, 0.1) is 6.54 Å². The molecule has 31 heavy (non-hydrogen) atoms. The van der Waals surface area contributed by atoms with Crippen molar-refractivity contribution in [2.24, 2.45) is 4.99 Å². The third kappa shape index (κ3) is 5.67. The van der Waals surface area contributed by atoms with Gasteiger partial charge in [-0.1, -0.05) is 48.5 Å². The second kappa shape index (κ2) is 10.0. The summed E-state index contributed by atoms with van der Waals surface area (Å²) in [6.07, 6.45) is 5.87. The van der Waals surface area contributed by atoms with Gasteiger partial charge in [0, 0.05) is 24.9 Å². The molecular weight excluding hydrogens is 404 g/mol. The Kier molecular flexibility index (Phi) is 6.92. The number of hydrogen-bond acceptors (Lipinski definition) is 4. The van der Waals surface area contributed by atoms with E-state index in [9.17, 15) is 0 Å². The van der Waals surface area contributed by atoms with Gasteiger partial charge in [0.15, 0.2) is 5.96 Å². The Hall–Kier alpha value is -2.80. The molecule has 2 N–H and O–H groups in total. The smallest absolute Gasteiger partial charge is 0.191 e. The van der Waals surface area contributed by atoms with Crippen LogP contribution in [-0.2, 0) is 13.1 Å². The van der Waals surface area contributed by atoms with Crippen LogP contribution in [0.4, 0.5) is 0 Å². The number of thioether (sulfide) groups is 1. The van der Waals surface area contributed by atoms with Crippen molar-refractivity contribution >= 4 is 17.7 Å². The molecule has 2 heterocycles. The Labute approximate surface area is 188 Å². The molecule has 162 valence electrons. The van der Waals surface area contributed by atoms with Crippen molar-refractivity contribution in [2.45, 2.75) is 37.6 Å². The van der Waals surface area contributed by atoms with Crippen LogP contribution in [0, 0.1) is 0 Å². The fraction of sp³-hybridized carbons (Fsp3) is 0.375. The standard InChI is InChI=1S/C24H30N6S/c1-24(12-5-13-31-24)16-28-23(25-2)27-14-21-6-3-4-7-22(21)20-10-8-19(9-11-20)15-30-18-26-17-29-30/h3-4,6-11,17-18H,5,12-16H2,1-2H3,(H2,25,27,28). The fourth-order valence-electron chi connectivity index (χ4n) is 3.89. The molecule has 0 saturated carbocycles. The summed E-state index contributed by atoms with van der Waals surface area (Å²) in [5, 5.41) is 11.2. The molecule has 1 unspecified atom stereocenters. The Morgan fingerprint density at radius 1 is 1.16 bits per heavy atom. The van der Waals surface area contributed by atoms with E-state index in [1.807, 2.05) is 11.7 Å². The summed E-state index contributed by atoms with van der Waals surface area (Å²) in [5.74, 6) is 2.11. The normalized spacial score (nSPS) is 18.8. The molecule has 0 bridgehead atoms. The summed E-state index contributed by atoms with van der Waals surface area (Å²) in [5.41, 5.74) is 4.89. The monoisotopic (exact) mass is 434 g/mol. The SMILES string of the molecule is CN=C(NCc1ccccc1-c1ccc(Cn2cncn2)cc1)NCC1(C)CCCS1. The fourth-order valence-corrected chi connectivity index (χ4v) is 5.14. The molecule has 2 aromatic carbocycles. The van der Waals surface area contributed by atoms with Crippen LogP contribution in [0.5, 0.6) is 0 Å². The van der Waals surface area contributed by atoms with Gasteiger partial charge in [-0.3, -0.25) is 4.99 Å². The first-order valence-corrected chi connectivity index (χ1v) is 11.7. The van der Waals surface area contributed by atoms with E-state index >= 15 is 0 Å². The Balaban J connectivity index is 1.39. The lowest BCUT2D eigenvalue weighted by Gasteiger charge is -2.24. The zero-order valence-electron chi connectivity index (χ0n) is 18.2. The molecule has 4 rings (SSSR count). The lowest BCUT2D eigenvalue weighted by molar-refractivity contribution is 0.584. The zero-order valence-corrected chi connectivity index (χ0v) is 19.0. The average Bonchev–Trinajstić information content (AvgIpc) is 3.47. The van der Waals surface area contributed by atoms with Crippen LogP contribution in [0.3, 0.4) is 0 Å². The van der Waals surface area contributed by atoms with Crippen LogP contribution in [-0.4, -0.2) is 44.8 Å². The summed E-state index contributed by atoms with van der Waals surface area (Å²) in [6.45, 7) is 4.72. The molecule has 1 saturated heterocycles. The molecule has 1 aromatic heterocycles. The maximum Gasteiger partial charge on any atom is 0.191 e. The summed E-state index contributed by atoms with van der Waals surface area (Å²) in [6, 6.07) is 17.2. The molecule has 0 aliphatic carbocycles. The highest BCUT2D eigenvalue weighted by molar-refractivity contribution is 8.00. The molecule has 0 radical (unpaired) electrons. The van der Waals surface area contributed by atoms with E-state index in [0.717, 1.165) is 25.6 Å². The number of guanidine groups is 1. The summed E-state index contributed by atoms with van der Waals surface area (Å²) in [7, 11) is 1.83. The van der Waals surface area contributed by atoms with Crippen molar-refractivity contribution < 1.29 is 0 Å². The molecule has 3 aromatic rings. The predicted molar refractivity (Wildman–Crippen MR) is 129 cm³/mol. The number of hydrogen-bond donors (Lipinski definition) is 2. The summed E-state index contributed by atoms with van der Waals surface area (Å²) in [4.78, 5) is 8.42. The molecule has 1 aliphatic heterocycles. The van der Waals surface area contributed by atoms with E-state index in [2.05, 4.69) is 92.9 Å². The lowest BCUT2D eigenvalue weighted by atomic mass is 9.98. The van der Waals surface area contributed by atoms with Crippen LogP contribution in [0.2, 0.25) is 0 Å². The Morgan fingerprint density at radius 3 is 2.71 bits per heavy atom. The van der Waals surface area contributed by atoms with E-state index in [-0.39, 0.29) is 0 Å². The third-order valence-corrected chi connectivity index (χ3v) is 7.23. The molecule has 0 amide bonds. The number of aliphatic imine (C=N–C) groups is 1. The van der Waals surface area contributed by atoms with Gasteiger partial charge in [0.1, 0.15) is 12.7 Å². The molecular formula is C24H30N6S. The lowest BCUT2D eigenvalue weighted by Crippen LogP contribution is -2.43. The Morgan fingerprint density at radius 2 is 2.00 bits per heavy atom. The minimum Gasteiger partial charge on any atom is -0.355 e. The predicted octanol–water partition coefficient (Wildman–Crippen LogP) is 3.94. The topological polar surface area (TPSA) is 67.1 Å². The molecule has 6 nitrogen and oxygen atoms in total. The first-order chi connectivity index (χ1) is 15.1. The maximum atomic E-state index is 4.42. The minimum absolute atomic E-state index is 0.309. The van der Waals surface area contributed by atoms with Gasteiger partial charge in [-0.25, -0.2) is 9.67 Å². The number of benzene rings is 2. The molecule has 0 spiro atoms. The second-order valence-electron chi connectivity index (χ2n) is 8.13. The van der Waals surface area contributed by atoms with Crippen molar-refractivity contribution in [1.29, 1.82) is 0 Å². The third-order valence-electron chi connectivity index (χ3n) is 5.69. The molecule has 1 fully saturated rings. The van der Waals surface area contributed by atoms with Crippen LogP contribution < -0.4 is 10.6 Å². The van der Waals surface area contributed by atoms with Gasteiger partial charge in [0.25, 0.3) is 0 Å². The number of aromatic nitrogens is 3. The van der Waals surface area contributed by atoms with Crippen LogP contribution in [0.25, 0.3) is 11.1 Å². The summed E-state index contributed by atoms with van der Waals surface area (Å²) >= 11 is 2.06. The zero-order chi connectivity index (χ0) is 21.5. The van der Waals surface area contributed by atoms with Gasteiger partial charge in [-0.15, -0.1) is 0 Å². The van der Waals surface area contributed by atoms with E-state index in [4.69, 9.17) is 0 Å². The first-order valence-electron chi connectivity index (χ1n) is 10.7. The van der Waals surface area contributed by atoms with Crippen molar-refractivity contribution in [3.63, 3.8) is 0 Å². The molecule has 1 aliphatic rings. The van der Waals surface area contributed by atoms with Gasteiger partial charge in [-0.2, -0.15) is 16.9 Å². The number of nitrogens with zero attached hydrogens (tertiary/aromatic N) is 4. The summed E-state index contributed by atoms with van der Waals surface area (Å²) < 4.78 is 2.14. The number of nitrogens with one attached hydrogen (secondary N) is 2. The van der Waals surface area contributed by atoms with Gasteiger partial charge >= 0.3 is 0 Å². The Bertz CT molecular complexity index is 991. The highest BCUT2D eigenvalue weighted by Crippen LogP contribution is 2.36. The van der Waals surface area contributed by atoms with Crippen LogP contribution in [0.1, 0.15) is 30.9 Å². The largest absolute Gasteiger partial charge is 0.355 e. The van der Waals surface area contributed by atoms with E-state index in [1.54, 1.807) is 12.7 Å². The highest BCUT2D eigenvalue weighted by Gasteiger charge is 2.29. The van der Waals surface area contributed by atoms with Crippen molar-refractivity contribution in [3.8, 4) is 11.1 Å². The van der Waals surface area contributed by atoms with Crippen molar-refractivity contribution in [3.05, 3.63) is 72.3 Å². The van der Waals surface area contributed by atoms with E-state index in [0.29, 0.717) is 4.75 Å². The molecule has 1 atom stereocenters. The highest BCUT2D eigenvalue weighted by atomic mass is 32.2. The van der Waals surface area contributed by atoms with Gasteiger partial charge in [0.2, 0.25) is 0 Å². The van der Waals surface area contributed by atoms with Gasteiger partial charge < -0.3 is 10.6 Å². The van der Waals surface area contributed by atoms with Crippen LogP contribution >= 0.6 is 11.8 Å². The quantitative estimate of drug-likeness (QED) is 0.435. The number of rotatable bonds is 7. The van der Waals surface area contributed by atoms with Crippen molar-refractivity contribution in [2.75, 3.05) is 19.3 Å². The first kappa shape index (κ1) is 21.4. The maximum absolute atomic E-state index is 4.42. The van der Waals surface area contributed by atoms with Crippen molar-refractivity contribution in [1.82, 2.24) is 25.4 Å². The van der Waals surface area contributed by atoms with E-state index in [1.165, 1.54) is 40.8 Å².